The molecule has 0 bridgehead atoms. The Balaban J connectivity index is 0.00000676. The van der Waals surface area contributed by atoms with E-state index in [1.54, 1.807) is 7.11 Å². The summed E-state index contributed by atoms with van der Waals surface area (Å²) in [6.07, 6.45) is 2.27. The Morgan fingerprint density at radius 3 is 2.41 bits per heavy atom. The molecule has 0 aliphatic rings. The second-order valence-corrected chi connectivity index (χ2v) is 6.00. The Bertz CT molecular complexity index is 527. The smallest absolute Gasteiger partial charge is 0.191 e. The van der Waals surface area contributed by atoms with Crippen LogP contribution in [0.4, 0.5) is 0 Å². The first-order valence-corrected chi connectivity index (χ1v) is 9.52. The summed E-state index contributed by atoms with van der Waals surface area (Å²) in [6, 6.07) is 6.13. The van der Waals surface area contributed by atoms with Gasteiger partial charge in [-0.15, -0.1) is 24.0 Å². The fourth-order valence-electron chi connectivity index (χ4n) is 2.36. The summed E-state index contributed by atoms with van der Waals surface area (Å²) in [5.74, 6) is 1.70. The van der Waals surface area contributed by atoms with Crippen LogP contribution in [0.5, 0.6) is 5.75 Å². The van der Waals surface area contributed by atoms with Gasteiger partial charge in [-0.25, -0.2) is 4.99 Å². The number of aliphatic imine (C=N–C) groups is 1. The maximum absolute atomic E-state index is 5.56. The van der Waals surface area contributed by atoms with Crippen LogP contribution in [0.3, 0.4) is 0 Å². The highest BCUT2D eigenvalue weighted by Crippen LogP contribution is 2.18. The lowest BCUT2D eigenvalue weighted by molar-refractivity contribution is 0.0487. The van der Waals surface area contributed by atoms with E-state index in [-0.39, 0.29) is 24.0 Å². The second kappa shape index (κ2) is 17.1. The van der Waals surface area contributed by atoms with Gasteiger partial charge in [0.2, 0.25) is 0 Å². The van der Waals surface area contributed by atoms with Gasteiger partial charge < -0.3 is 24.8 Å². The molecular formula is C20H36IN3O3. The zero-order chi connectivity index (χ0) is 19.0. The van der Waals surface area contributed by atoms with E-state index in [4.69, 9.17) is 14.2 Å². The largest absolute Gasteiger partial charge is 0.496 e. The molecule has 0 heterocycles. The van der Waals surface area contributed by atoms with Gasteiger partial charge in [0.1, 0.15) is 5.75 Å². The molecule has 27 heavy (non-hydrogen) atoms. The van der Waals surface area contributed by atoms with Crippen molar-refractivity contribution in [3.63, 3.8) is 0 Å². The molecule has 0 saturated heterocycles. The van der Waals surface area contributed by atoms with Crippen molar-refractivity contribution >= 4 is 29.9 Å². The number of nitrogens with zero attached hydrogens (tertiary/aromatic N) is 1. The van der Waals surface area contributed by atoms with Crippen molar-refractivity contribution in [3.05, 3.63) is 29.3 Å². The van der Waals surface area contributed by atoms with Gasteiger partial charge in [-0.2, -0.15) is 0 Å². The predicted octanol–water partition coefficient (Wildman–Crippen LogP) is 3.51. The third-order valence-electron chi connectivity index (χ3n) is 3.78. The van der Waals surface area contributed by atoms with Crippen LogP contribution in [0.15, 0.2) is 23.2 Å². The van der Waals surface area contributed by atoms with Crippen LogP contribution in [0.1, 0.15) is 37.8 Å². The highest BCUT2D eigenvalue weighted by atomic mass is 127. The number of unbranched alkanes of at least 4 members (excludes halogenated alkanes) is 1. The highest BCUT2D eigenvalue weighted by molar-refractivity contribution is 14.0. The minimum atomic E-state index is 0. The number of methoxy groups -OCH3 is 1. The van der Waals surface area contributed by atoms with Crippen LogP contribution in [0.25, 0.3) is 0 Å². The Kier molecular flexibility index (Phi) is 16.4. The molecule has 0 unspecified atom stereocenters. The fourth-order valence-corrected chi connectivity index (χ4v) is 2.36. The van der Waals surface area contributed by atoms with Crippen molar-refractivity contribution in [2.75, 3.05) is 46.6 Å². The van der Waals surface area contributed by atoms with E-state index < -0.39 is 0 Å². The fraction of sp³-hybridized carbons (Fsp3) is 0.650. The van der Waals surface area contributed by atoms with E-state index in [9.17, 15) is 0 Å². The van der Waals surface area contributed by atoms with E-state index in [1.165, 1.54) is 0 Å². The summed E-state index contributed by atoms with van der Waals surface area (Å²) in [7, 11) is 1.69. The number of rotatable bonds is 13. The normalized spacial score (nSPS) is 11.0. The molecule has 1 aromatic rings. The first-order chi connectivity index (χ1) is 12.7. The minimum Gasteiger partial charge on any atom is -0.496 e. The molecule has 7 heteroatoms. The molecule has 156 valence electrons. The van der Waals surface area contributed by atoms with Gasteiger partial charge >= 0.3 is 0 Å². The molecule has 0 radical (unpaired) electrons. The third kappa shape index (κ3) is 12.1. The highest BCUT2D eigenvalue weighted by Gasteiger charge is 2.01. The van der Waals surface area contributed by atoms with E-state index in [2.05, 4.69) is 35.5 Å². The lowest BCUT2D eigenvalue weighted by Gasteiger charge is -2.12. The SMILES string of the molecule is CCCCOCCOCCNC(=NCc1ccc(OC)c(C)c1)NCC.I. The van der Waals surface area contributed by atoms with E-state index >= 15 is 0 Å². The first kappa shape index (κ1) is 25.9. The van der Waals surface area contributed by atoms with Gasteiger partial charge in [-0.3, -0.25) is 0 Å². The Morgan fingerprint density at radius 2 is 1.78 bits per heavy atom. The van der Waals surface area contributed by atoms with Gasteiger partial charge in [0, 0.05) is 19.7 Å². The molecule has 1 rings (SSSR count). The van der Waals surface area contributed by atoms with Crippen LogP contribution >= 0.6 is 24.0 Å². The van der Waals surface area contributed by atoms with Crippen molar-refractivity contribution in [1.29, 1.82) is 0 Å². The molecule has 0 atom stereocenters. The van der Waals surface area contributed by atoms with Crippen LogP contribution in [0.2, 0.25) is 0 Å². The van der Waals surface area contributed by atoms with E-state index in [1.807, 2.05) is 19.1 Å². The molecule has 2 N–H and O–H groups in total. The number of hydrogen-bond donors (Lipinski definition) is 2. The minimum absolute atomic E-state index is 0. The maximum Gasteiger partial charge on any atom is 0.191 e. The summed E-state index contributed by atoms with van der Waals surface area (Å²) in [5.41, 5.74) is 2.27. The monoisotopic (exact) mass is 493 g/mol. The van der Waals surface area contributed by atoms with Gasteiger partial charge in [0.15, 0.2) is 5.96 Å². The molecule has 0 aliphatic carbocycles. The first-order valence-electron chi connectivity index (χ1n) is 9.52. The van der Waals surface area contributed by atoms with Crippen LogP contribution < -0.4 is 15.4 Å². The Labute approximate surface area is 181 Å². The van der Waals surface area contributed by atoms with Crippen molar-refractivity contribution in [3.8, 4) is 5.75 Å². The van der Waals surface area contributed by atoms with Crippen molar-refractivity contribution in [2.45, 2.75) is 40.2 Å². The molecule has 0 aromatic heterocycles. The number of ether oxygens (including phenoxy) is 3. The standard InChI is InChI=1S/C20H35N3O3.HI/c1-5-7-11-25-13-14-26-12-10-22-20(21-6-2)23-16-18-8-9-19(24-4)17(3)15-18;/h8-9,15H,5-7,10-14,16H2,1-4H3,(H2,21,22,23);1H. The molecular weight excluding hydrogens is 457 g/mol. The number of hydrogen-bond acceptors (Lipinski definition) is 4. The van der Waals surface area contributed by atoms with Gasteiger partial charge in [0.25, 0.3) is 0 Å². The number of nitrogens with one attached hydrogen (secondary N) is 2. The van der Waals surface area contributed by atoms with Gasteiger partial charge in [0.05, 0.1) is 33.5 Å². The molecule has 0 spiro atoms. The quantitative estimate of drug-likeness (QED) is 0.191. The predicted molar refractivity (Wildman–Crippen MR) is 123 cm³/mol. The maximum atomic E-state index is 5.56. The number of halogens is 1. The van der Waals surface area contributed by atoms with Crippen molar-refractivity contribution < 1.29 is 14.2 Å². The van der Waals surface area contributed by atoms with Crippen LogP contribution in [-0.4, -0.2) is 52.6 Å². The lowest BCUT2D eigenvalue weighted by atomic mass is 10.1. The number of aryl methyl sites for hydroxylation is 1. The average molecular weight is 493 g/mol. The van der Waals surface area contributed by atoms with Crippen molar-refractivity contribution in [2.24, 2.45) is 4.99 Å². The van der Waals surface area contributed by atoms with Gasteiger partial charge in [-0.05, 0) is 37.5 Å². The molecule has 0 saturated carbocycles. The number of guanidine groups is 1. The summed E-state index contributed by atoms with van der Waals surface area (Å²) >= 11 is 0. The third-order valence-corrected chi connectivity index (χ3v) is 3.78. The molecule has 6 nitrogen and oxygen atoms in total. The van der Waals surface area contributed by atoms with E-state index in [0.29, 0.717) is 32.9 Å². The Hall–Kier alpha value is -1.06. The van der Waals surface area contributed by atoms with Crippen LogP contribution in [0, 0.1) is 6.92 Å². The second-order valence-electron chi connectivity index (χ2n) is 6.00. The average Bonchev–Trinajstić information content (AvgIpc) is 2.64. The zero-order valence-electron chi connectivity index (χ0n) is 17.2. The van der Waals surface area contributed by atoms with Gasteiger partial charge in [-0.1, -0.05) is 25.5 Å². The topological polar surface area (TPSA) is 64.1 Å². The molecule has 0 amide bonds. The summed E-state index contributed by atoms with van der Waals surface area (Å²) < 4.78 is 16.3. The van der Waals surface area contributed by atoms with E-state index in [0.717, 1.165) is 48.8 Å². The molecule has 0 aliphatic heterocycles. The molecule has 0 fully saturated rings. The summed E-state index contributed by atoms with van der Waals surface area (Å²) in [6.45, 7) is 11.1. The summed E-state index contributed by atoms with van der Waals surface area (Å²) in [5, 5.41) is 6.54. The van der Waals surface area contributed by atoms with Crippen molar-refractivity contribution in [1.82, 2.24) is 10.6 Å². The summed E-state index contributed by atoms with van der Waals surface area (Å²) in [4.78, 5) is 4.62. The molecule has 1 aromatic carbocycles. The Morgan fingerprint density at radius 1 is 1.04 bits per heavy atom. The number of benzene rings is 1. The zero-order valence-corrected chi connectivity index (χ0v) is 19.5. The lowest BCUT2D eigenvalue weighted by Crippen LogP contribution is -2.39. The van der Waals surface area contributed by atoms with Crippen LogP contribution in [-0.2, 0) is 16.0 Å².